The van der Waals surface area contributed by atoms with Gasteiger partial charge in [-0.15, -0.1) is 0 Å². The van der Waals surface area contributed by atoms with Crippen LogP contribution in [0.1, 0.15) is 90.9 Å². The van der Waals surface area contributed by atoms with Gasteiger partial charge in [-0.2, -0.15) is 0 Å². The van der Waals surface area contributed by atoms with Crippen LogP contribution in [0.25, 0.3) is 0 Å². The van der Waals surface area contributed by atoms with Crippen molar-refractivity contribution in [3.05, 3.63) is 11.3 Å². The third kappa shape index (κ3) is 5.48. The standard InChI is InChI=1S/C20H33NO4/c1-3-12-16(21-24-4-2)18-17(22)15-20(25-19(18)23)13-10-8-6-5-7-9-11-14-20/h22H,3-15H2,1-2H3/b21-16+. The second kappa shape index (κ2) is 9.83. The molecule has 0 amide bonds. The van der Waals surface area contributed by atoms with Gasteiger partial charge in [0, 0.05) is 6.42 Å². The molecule has 0 unspecified atom stereocenters. The minimum Gasteiger partial charge on any atom is -0.511 e. The minimum atomic E-state index is -0.537. The van der Waals surface area contributed by atoms with Crippen LogP contribution in [0.4, 0.5) is 0 Å². The van der Waals surface area contributed by atoms with Crippen molar-refractivity contribution in [2.75, 3.05) is 6.61 Å². The minimum absolute atomic E-state index is 0.125. The highest BCUT2D eigenvalue weighted by Crippen LogP contribution is 2.39. The quantitative estimate of drug-likeness (QED) is 0.420. The molecule has 142 valence electrons. The van der Waals surface area contributed by atoms with Crippen molar-refractivity contribution in [3.8, 4) is 0 Å². The van der Waals surface area contributed by atoms with Crippen LogP contribution in [0.3, 0.4) is 0 Å². The summed E-state index contributed by atoms with van der Waals surface area (Å²) in [5, 5.41) is 14.7. The molecule has 1 aliphatic carbocycles. The number of oxime groups is 1. The number of aliphatic hydroxyl groups is 1. The lowest BCUT2D eigenvalue weighted by Gasteiger charge is -2.38. The summed E-state index contributed by atoms with van der Waals surface area (Å²) >= 11 is 0. The lowest BCUT2D eigenvalue weighted by atomic mass is 9.82. The van der Waals surface area contributed by atoms with Gasteiger partial charge in [-0.25, -0.2) is 4.79 Å². The van der Waals surface area contributed by atoms with Crippen LogP contribution in [0.5, 0.6) is 0 Å². The number of hydrogen-bond donors (Lipinski definition) is 1. The van der Waals surface area contributed by atoms with Crippen LogP contribution in [-0.2, 0) is 14.4 Å². The van der Waals surface area contributed by atoms with Gasteiger partial charge < -0.3 is 14.7 Å². The van der Waals surface area contributed by atoms with Crippen LogP contribution < -0.4 is 0 Å². The fourth-order valence-electron chi connectivity index (χ4n) is 3.86. The smallest absolute Gasteiger partial charge is 0.344 e. The number of rotatable bonds is 5. The number of ether oxygens (including phenoxy) is 1. The predicted molar refractivity (Wildman–Crippen MR) is 98.6 cm³/mol. The Morgan fingerprint density at radius 1 is 1.12 bits per heavy atom. The molecule has 2 aliphatic rings. The first-order chi connectivity index (χ1) is 12.1. The van der Waals surface area contributed by atoms with E-state index in [0.29, 0.717) is 25.2 Å². The molecule has 1 fully saturated rings. The van der Waals surface area contributed by atoms with E-state index >= 15 is 0 Å². The molecule has 1 saturated carbocycles. The maximum atomic E-state index is 12.7. The summed E-state index contributed by atoms with van der Waals surface area (Å²) in [4.78, 5) is 17.9. The van der Waals surface area contributed by atoms with Gasteiger partial charge in [0.2, 0.25) is 0 Å². The number of esters is 1. The zero-order chi connectivity index (χ0) is 18.1. The highest BCUT2D eigenvalue weighted by molar-refractivity contribution is 6.20. The van der Waals surface area contributed by atoms with E-state index < -0.39 is 11.6 Å². The topological polar surface area (TPSA) is 68.1 Å². The second-order valence-corrected chi connectivity index (χ2v) is 7.25. The SMILES string of the molecule is CCC/C(=N\OCC)C1=C(O)CC2(CCCCCCCCC2)OC1=O. The van der Waals surface area contributed by atoms with E-state index in [2.05, 4.69) is 5.16 Å². The summed E-state index contributed by atoms with van der Waals surface area (Å²) in [6.45, 7) is 4.28. The predicted octanol–water partition coefficient (Wildman–Crippen LogP) is 5.20. The van der Waals surface area contributed by atoms with Crippen LogP contribution in [0.15, 0.2) is 16.5 Å². The molecule has 0 aromatic rings. The van der Waals surface area contributed by atoms with Crippen LogP contribution in [-0.4, -0.2) is 29.0 Å². The van der Waals surface area contributed by atoms with E-state index in [1.807, 2.05) is 13.8 Å². The van der Waals surface area contributed by atoms with Gasteiger partial charge in [0.05, 0.1) is 5.71 Å². The molecule has 0 saturated heterocycles. The Morgan fingerprint density at radius 2 is 1.72 bits per heavy atom. The van der Waals surface area contributed by atoms with E-state index in [4.69, 9.17) is 9.57 Å². The number of hydrogen-bond acceptors (Lipinski definition) is 5. The van der Waals surface area contributed by atoms with Gasteiger partial charge in [-0.3, -0.25) is 0 Å². The van der Waals surface area contributed by atoms with Crippen molar-refractivity contribution in [2.45, 2.75) is 96.5 Å². The van der Waals surface area contributed by atoms with Gasteiger partial charge in [0.1, 0.15) is 23.5 Å². The van der Waals surface area contributed by atoms with Gasteiger partial charge in [-0.05, 0) is 39.0 Å². The summed E-state index contributed by atoms with van der Waals surface area (Å²) < 4.78 is 5.94. The molecule has 1 heterocycles. The van der Waals surface area contributed by atoms with Gasteiger partial charge in [0.25, 0.3) is 0 Å². The van der Waals surface area contributed by atoms with E-state index in [1.165, 1.54) is 32.1 Å². The first-order valence-electron chi connectivity index (χ1n) is 9.96. The van der Waals surface area contributed by atoms with Crippen molar-refractivity contribution >= 4 is 11.7 Å². The number of carbonyl (C=O) groups is 1. The average molecular weight is 351 g/mol. The molecule has 0 radical (unpaired) electrons. The summed E-state index contributed by atoms with van der Waals surface area (Å²) in [6, 6.07) is 0. The Bertz CT molecular complexity index is 500. The van der Waals surface area contributed by atoms with Gasteiger partial charge in [0.15, 0.2) is 0 Å². The Morgan fingerprint density at radius 3 is 2.24 bits per heavy atom. The van der Waals surface area contributed by atoms with E-state index in [-0.39, 0.29) is 11.3 Å². The summed E-state index contributed by atoms with van der Waals surface area (Å²) in [5.41, 5.74) is 0.185. The molecular weight excluding hydrogens is 318 g/mol. The lowest BCUT2D eigenvalue weighted by Crippen LogP contribution is -2.42. The van der Waals surface area contributed by atoms with Crippen LogP contribution in [0, 0.1) is 0 Å². The van der Waals surface area contributed by atoms with Crippen molar-refractivity contribution in [3.63, 3.8) is 0 Å². The molecule has 1 N–H and O–H groups in total. The van der Waals surface area contributed by atoms with Gasteiger partial charge >= 0.3 is 5.97 Å². The molecule has 0 atom stereocenters. The van der Waals surface area contributed by atoms with E-state index in [0.717, 1.165) is 32.1 Å². The molecular formula is C20H33NO4. The fraction of sp³-hybridized carbons (Fsp3) is 0.800. The van der Waals surface area contributed by atoms with Crippen LogP contribution in [0.2, 0.25) is 0 Å². The first kappa shape index (κ1) is 19.8. The lowest BCUT2D eigenvalue weighted by molar-refractivity contribution is -0.160. The maximum Gasteiger partial charge on any atom is 0.344 e. The second-order valence-electron chi connectivity index (χ2n) is 7.25. The summed E-state index contributed by atoms with van der Waals surface area (Å²) in [7, 11) is 0. The van der Waals surface area contributed by atoms with Crippen LogP contribution >= 0.6 is 0 Å². The molecule has 0 bridgehead atoms. The average Bonchev–Trinajstić information content (AvgIpc) is 2.58. The number of nitrogens with zero attached hydrogens (tertiary/aromatic N) is 1. The summed E-state index contributed by atoms with van der Waals surface area (Å²) in [5.74, 6) is -0.312. The highest BCUT2D eigenvalue weighted by atomic mass is 16.6. The van der Waals surface area contributed by atoms with Gasteiger partial charge in [-0.1, -0.05) is 50.6 Å². The monoisotopic (exact) mass is 351 g/mol. The molecule has 5 heteroatoms. The number of aliphatic hydroxyl groups excluding tert-OH is 1. The zero-order valence-corrected chi connectivity index (χ0v) is 15.8. The third-order valence-corrected chi connectivity index (χ3v) is 5.14. The Kier molecular flexibility index (Phi) is 7.79. The van der Waals surface area contributed by atoms with E-state index in [1.54, 1.807) is 0 Å². The third-order valence-electron chi connectivity index (χ3n) is 5.14. The Labute approximate surface area is 151 Å². The Hall–Kier alpha value is -1.52. The fourth-order valence-corrected chi connectivity index (χ4v) is 3.86. The normalized spacial score (nSPS) is 22.6. The van der Waals surface area contributed by atoms with Crippen molar-refractivity contribution < 1.29 is 19.5 Å². The molecule has 2 rings (SSSR count). The van der Waals surface area contributed by atoms with Crippen molar-refractivity contribution in [1.29, 1.82) is 0 Å². The molecule has 25 heavy (non-hydrogen) atoms. The largest absolute Gasteiger partial charge is 0.511 e. The zero-order valence-electron chi connectivity index (χ0n) is 15.8. The molecule has 1 aliphatic heterocycles. The Balaban J connectivity index is 2.21. The molecule has 0 aromatic heterocycles. The molecule has 5 nitrogen and oxygen atoms in total. The highest BCUT2D eigenvalue weighted by Gasteiger charge is 2.42. The summed E-state index contributed by atoms with van der Waals surface area (Å²) in [6.07, 6.45) is 11.7. The number of carbonyl (C=O) groups excluding carboxylic acids is 1. The van der Waals surface area contributed by atoms with Crippen molar-refractivity contribution in [2.24, 2.45) is 5.16 Å². The van der Waals surface area contributed by atoms with E-state index in [9.17, 15) is 9.90 Å². The first-order valence-corrected chi connectivity index (χ1v) is 9.96. The maximum absolute atomic E-state index is 12.7. The molecule has 1 spiro atoms. The van der Waals surface area contributed by atoms with Crippen molar-refractivity contribution in [1.82, 2.24) is 0 Å². The molecule has 0 aromatic carbocycles.